The van der Waals surface area contributed by atoms with Crippen LogP contribution in [0.15, 0.2) is 36.5 Å². The molecule has 2 heterocycles. The van der Waals surface area contributed by atoms with Gasteiger partial charge in [-0.25, -0.2) is 23.7 Å². The molecule has 0 saturated carbocycles. The van der Waals surface area contributed by atoms with E-state index >= 15 is 0 Å². The van der Waals surface area contributed by atoms with Gasteiger partial charge in [0.2, 0.25) is 0 Å². The smallest absolute Gasteiger partial charge is 0.342 e. The van der Waals surface area contributed by atoms with Crippen LogP contribution >= 0.6 is 0 Å². The summed E-state index contributed by atoms with van der Waals surface area (Å²) in [5, 5.41) is 33.5. The number of aromatic nitrogens is 3. The minimum Gasteiger partial charge on any atom is -0.458 e. The molecule has 16 nitrogen and oxygen atoms in total. The molecule has 3 rings (SSSR count). The summed E-state index contributed by atoms with van der Waals surface area (Å²) in [7, 11) is 0. The molecule has 37 heavy (non-hydrogen) atoms. The number of carbonyl (C=O) groups excluding carboxylic acids is 2. The monoisotopic (exact) mass is 516 g/mol. The van der Waals surface area contributed by atoms with Gasteiger partial charge in [-0.2, -0.15) is 0 Å². The lowest BCUT2D eigenvalue weighted by molar-refractivity contribution is -0.392. The second kappa shape index (κ2) is 11.1. The molecule has 16 heteroatoms. The Morgan fingerprint density at radius 2 is 1.35 bits per heavy atom. The number of esters is 2. The summed E-state index contributed by atoms with van der Waals surface area (Å²) in [6.45, 7) is 2.45. The Bertz CT molecular complexity index is 1300. The van der Waals surface area contributed by atoms with Crippen LogP contribution in [0.2, 0.25) is 0 Å². The minimum atomic E-state index is -1.00. The zero-order chi connectivity index (χ0) is 27.3. The molecule has 0 radical (unpaired) electrons. The Balaban J connectivity index is 1.69. The summed E-state index contributed by atoms with van der Waals surface area (Å²) in [6, 6.07) is 5.72. The number of nitro groups is 3. The fraction of sp³-hybridized carbons (Fsp3) is 0.286. The number of benzene rings is 1. The SMILES string of the molecule is Cc1ccc([N+](=O)[O-])n1CCOC(=O)c1cc(C(=O)OCCn2c([N+](=O)[O-])cnc2C)cc([N+](=O)[O-])c1. The Morgan fingerprint density at radius 1 is 0.811 bits per heavy atom. The summed E-state index contributed by atoms with van der Waals surface area (Å²) in [5.74, 6) is -2.16. The molecule has 194 valence electrons. The van der Waals surface area contributed by atoms with Gasteiger partial charge in [-0.1, -0.05) is 0 Å². The van der Waals surface area contributed by atoms with Crippen molar-refractivity contribution in [3.05, 3.63) is 89.5 Å². The first-order chi connectivity index (χ1) is 17.5. The number of aryl methyl sites for hydroxylation is 2. The number of nitrogens with zero attached hydrogens (tertiary/aromatic N) is 6. The number of ether oxygens (including phenoxy) is 2. The minimum absolute atomic E-state index is 0.0372. The Hall–Kier alpha value is -5.15. The van der Waals surface area contributed by atoms with E-state index in [1.54, 1.807) is 6.92 Å². The van der Waals surface area contributed by atoms with Crippen LogP contribution in [0.4, 0.5) is 17.3 Å². The summed E-state index contributed by atoms with van der Waals surface area (Å²) in [4.78, 5) is 60.3. The lowest BCUT2D eigenvalue weighted by Gasteiger charge is -2.08. The second-order valence-electron chi connectivity index (χ2n) is 7.61. The number of non-ortho nitro benzene ring substituents is 1. The van der Waals surface area contributed by atoms with Gasteiger partial charge in [-0.05, 0) is 28.9 Å². The highest BCUT2D eigenvalue weighted by Gasteiger charge is 2.22. The highest BCUT2D eigenvalue weighted by atomic mass is 16.6. The van der Waals surface area contributed by atoms with Crippen molar-refractivity contribution in [1.29, 1.82) is 0 Å². The van der Waals surface area contributed by atoms with Crippen LogP contribution in [0, 0.1) is 44.2 Å². The maximum absolute atomic E-state index is 12.5. The van der Waals surface area contributed by atoms with Gasteiger partial charge in [0.15, 0.2) is 5.82 Å². The highest BCUT2D eigenvalue weighted by Crippen LogP contribution is 2.20. The number of nitro benzene ring substituents is 1. The number of carbonyl (C=O) groups is 2. The number of rotatable bonds is 11. The Kier molecular flexibility index (Phi) is 7.91. The van der Waals surface area contributed by atoms with Gasteiger partial charge in [-0.15, -0.1) is 0 Å². The van der Waals surface area contributed by atoms with Crippen molar-refractivity contribution in [2.24, 2.45) is 0 Å². The van der Waals surface area contributed by atoms with Gasteiger partial charge in [-0.3, -0.25) is 10.1 Å². The lowest BCUT2D eigenvalue weighted by atomic mass is 10.1. The topological polar surface area (TPSA) is 205 Å². The molecule has 0 bridgehead atoms. The van der Waals surface area contributed by atoms with E-state index in [2.05, 4.69) is 4.98 Å². The maximum atomic E-state index is 12.5. The normalized spacial score (nSPS) is 10.6. The first kappa shape index (κ1) is 26.5. The molecule has 0 spiro atoms. The van der Waals surface area contributed by atoms with Gasteiger partial charge in [0.1, 0.15) is 38.2 Å². The van der Waals surface area contributed by atoms with E-state index in [-0.39, 0.29) is 49.1 Å². The predicted octanol–water partition coefficient (Wildman–Crippen LogP) is 2.74. The van der Waals surface area contributed by atoms with E-state index in [9.17, 15) is 39.9 Å². The summed E-state index contributed by atoms with van der Waals surface area (Å²) in [5.41, 5.74) is -0.616. The maximum Gasteiger partial charge on any atom is 0.342 e. The molecule has 2 aromatic heterocycles. The molecule has 0 fully saturated rings. The van der Waals surface area contributed by atoms with E-state index < -0.39 is 32.4 Å². The van der Waals surface area contributed by atoms with Crippen molar-refractivity contribution >= 4 is 29.3 Å². The van der Waals surface area contributed by atoms with Crippen molar-refractivity contribution in [2.45, 2.75) is 26.9 Å². The Morgan fingerprint density at radius 3 is 1.86 bits per heavy atom. The van der Waals surface area contributed by atoms with E-state index in [4.69, 9.17) is 9.47 Å². The lowest BCUT2D eigenvalue weighted by Crippen LogP contribution is -2.16. The van der Waals surface area contributed by atoms with Gasteiger partial charge >= 0.3 is 23.6 Å². The fourth-order valence-electron chi connectivity index (χ4n) is 3.46. The van der Waals surface area contributed by atoms with Crippen molar-refractivity contribution in [2.75, 3.05) is 13.2 Å². The molecular weight excluding hydrogens is 496 g/mol. The van der Waals surface area contributed by atoms with E-state index in [0.29, 0.717) is 11.5 Å². The molecule has 0 saturated heterocycles. The molecule has 0 aliphatic carbocycles. The van der Waals surface area contributed by atoms with Crippen LogP contribution in [0.5, 0.6) is 0 Å². The zero-order valence-corrected chi connectivity index (χ0v) is 19.6. The molecule has 0 aliphatic rings. The van der Waals surface area contributed by atoms with E-state index in [1.165, 1.54) is 28.2 Å². The quantitative estimate of drug-likeness (QED) is 0.206. The standard InChI is InChI=1S/C21H20N6O10/c1-13-3-4-18(26(32)33)23(13)5-7-36-20(28)15-9-16(11-17(10-15)25(30)31)21(29)37-8-6-24-14(2)22-12-19(24)27(34)35/h3-4,9-12H,5-8H2,1-2H3. The first-order valence-corrected chi connectivity index (χ1v) is 10.6. The number of imidazole rings is 1. The van der Waals surface area contributed by atoms with Crippen LogP contribution in [-0.2, 0) is 22.6 Å². The fourth-order valence-corrected chi connectivity index (χ4v) is 3.46. The summed E-state index contributed by atoms with van der Waals surface area (Å²) >= 11 is 0. The molecule has 0 amide bonds. The summed E-state index contributed by atoms with van der Waals surface area (Å²) in [6.07, 6.45) is 1.06. The average Bonchev–Trinajstić information content (AvgIpc) is 3.41. The average molecular weight is 516 g/mol. The largest absolute Gasteiger partial charge is 0.458 e. The molecule has 0 unspecified atom stereocenters. The highest BCUT2D eigenvalue weighted by molar-refractivity contribution is 5.96. The van der Waals surface area contributed by atoms with Crippen LogP contribution in [-0.4, -0.2) is 54.0 Å². The Labute approximate surface area is 207 Å². The van der Waals surface area contributed by atoms with E-state index in [0.717, 1.165) is 24.4 Å². The van der Waals surface area contributed by atoms with Crippen LogP contribution in [0.3, 0.4) is 0 Å². The van der Waals surface area contributed by atoms with E-state index in [1.807, 2.05) is 0 Å². The molecule has 0 aliphatic heterocycles. The molecule has 3 aromatic rings. The van der Waals surface area contributed by atoms with Crippen LogP contribution in [0.1, 0.15) is 32.2 Å². The van der Waals surface area contributed by atoms with Gasteiger partial charge in [0, 0.05) is 25.1 Å². The van der Waals surface area contributed by atoms with Gasteiger partial charge < -0.3 is 29.7 Å². The van der Waals surface area contributed by atoms with Crippen molar-refractivity contribution in [1.82, 2.24) is 14.1 Å². The zero-order valence-electron chi connectivity index (χ0n) is 19.6. The predicted molar refractivity (Wildman–Crippen MR) is 123 cm³/mol. The second-order valence-corrected chi connectivity index (χ2v) is 7.61. The molecule has 0 N–H and O–H groups in total. The van der Waals surface area contributed by atoms with Crippen LogP contribution < -0.4 is 0 Å². The summed E-state index contributed by atoms with van der Waals surface area (Å²) < 4.78 is 12.7. The number of hydrogen-bond acceptors (Lipinski definition) is 11. The molecule has 0 atom stereocenters. The van der Waals surface area contributed by atoms with Crippen molar-refractivity contribution in [3.63, 3.8) is 0 Å². The van der Waals surface area contributed by atoms with Crippen molar-refractivity contribution in [3.8, 4) is 0 Å². The molecule has 1 aromatic carbocycles. The van der Waals surface area contributed by atoms with Crippen LogP contribution in [0.25, 0.3) is 0 Å². The third-order valence-electron chi connectivity index (χ3n) is 5.28. The number of hydrogen-bond donors (Lipinski definition) is 0. The third-order valence-corrected chi connectivity index (χ3v) is 5.28. The van der Waals surface area contributed by atoms with Gasteiger partial charge in [0.25, 0.3) is 5.69 Å². The van der Waals surface area contributed by atoms with Crippen molar-refractivity contribution < 1.29 is 33.8 Å². The van der Waals surface area contributed by atoms with Gasteiger partial charge in [0.05, 0.1) is 16.1 Å². The third kappa shape index (κ3) is 6.11. The first-order valence-electron chi connectivity index (χ1n) is 10.6. The molecular formula is C21H20N6O10.